The summed E-state index contributed by atoms with van der Waals surface area (Å²) in [7, 11) is 3.46. The summed E-state index contributed by atoms with van der Waals surface area (Å²) in [6.45, 7) is 2.29. The SMILES string of the molecule is CN(C)C(=O)CN[C@H]1CCCC[C@]12CN(Cc1cc([N+](=O)[O-])ccc1F)CCO2. The first kappa shape index (κ1) is 21.6. The summed E-state index contributed by atoms with van der Waals surface area (Å²) in [5, 5.41) is 14.4. The molecule has 0 bridgehead atoms. The zero-order valence-corrected chi connectivity index (χ0v) is 17.0. The Morgan fingerprint density at radius 2 is 2.24 bits per heavy atom. The Hall–Kier alpha value is -2.10. The lowest BCUT2D eigenvalue weighted by atomic mass is 9.78. The molecule has 2 aliphatic rings. The molecule has 1 aliphatic heterocycles. The number of nitro benzene ring substituents is 1. The van der Waals surface area contributed by atoms with Crippen LogP contribution in [0.2, 0.25) is 0 Å². The van der Waals surface area contributed by atoms with Gasteiger partial charge in [-0.3, -0.25) is 19.8 Å². The molecule has 1 saturated heterocycles. The van der Waals surface area contributed by atoms with Crippen LogP contribution in [0.25, 0.3) is 0 Å². The van der Waals surface area contributed by atoms with E-state index in [0.717, 1.165) is 31.7 Å². The monoisotopic (exact) mass is 408 g/mol. The van der Waals surface area contributed by atoms with Crippen molar-refractivity contribution in [3.8, 4) is 0 Å². The molecule has 0 radical (unpaired) electrons. The van der Waals surface area contributed by atoms with Gasteiger partial charge in [0.15, 0.2) is 0 Å². The molecular formula is C20H29FN4O4. The van der Waals surface area contributed by atoms with E-state index in [1.54, 1.807) is 19.0 Å². The number of likely N-dealkylation sites (N-methyl/N-ethyl adjacent to an activating group) is 1. The number of nitrogens with one attached hydrogen (secondary N) is 1. The van der Waals surface area contributed by atoms with Crippen molar-refractivity contribution >= 4 is 11.6 Å². The Kier molecular flexibility index (Phi) is 6.81. The largest absolute Gasteiger partial charge is 0.371 e. The van der Waals surface area contributed by atoms with Gasteiger partial charge in [0.1, 0.15) is 5.82 Å². The summed E-state index contributed by atoms with van der Waals surface area (Å²) in [5.41, 5.74) is -0.219. The fourth-order valence-electron chi connectivity index (χ4n) is 4.28. The quantitative estimate of drug-likeness (QED) is 0.572. The van der Waals surface area contributed by atoms with Gasteiger partial charge in [-0.1, -0.05) is 12.8 Å². The minimum atomic E-state index is -0.507. The Balaban J connectivity index is 1.71. The molecule has 1 aromatic rings. The molecule has 2 fully saturated rings. The third-order valence-electron chi connectivity index (χ3n) is 5.90. The Bertz CT molecular complexity index is 756. The Morgan fingerprint density at radius 1 is 1.45 bits per heavy atom. The molecule has 0 aromatic heterocycles. The molecule has 3 rings (SSSR count). The van der Waals surface area contributed by atoms with E-state index >= 15 is 0 Å². The van der Waals surface area contributed by atoms with E-state index in [0.29, 0.717) is 31.8 Å². The van der Waals surface area contributed by atoms with E-state index < -0.39 is 16.3 Å². The van der Waals surface area contributed by atoms with E-state index in [-0.39, 0.29) is 24.2 Å². The Morgan fingerprint density at radius 3 is 2.97 bits per heavy atom. The average molecular weight is 408 g/mol. The van der Waals surface area contributed by atoms with Crippen LogP contribution in [0.1, 0.15) is 31.2 Å². The number of non-ortho nitro benzene ring substituents is 1. The normalized spacial score (nSPS) is 25.1. The number of morpholine rings is 1. The van der Waals surface area contributed by atoms with Gasteiger partial charge in [-0.05, 0) is 18.9 Å². The molecule has 1 heterocycles. The minimum Gasteiger partial charge on any atom is -0.371 e. The molecule has 29 heavy (non-hydrogen) atoms. The van der Waals surface area contributed by atoms with Gasteiger partial charge in [0.2, 0.25) is 5.91 Å². The second-order valence-electron chi connectivity index (χ2n) is 8.12. The maximum Gasteiger partial charge on any atom is 0.269 e. The van der Waals surface area contributed by atoms with E-state index in [2.05, 4.69) is 10.2 Å². The molecule has 160 valence electrons. The second-order valence-corrected chi connectivity index (χ2v) is 8.12. The number of halogens is 1. The van der Waals surface area contributed by atoms with Gasteiger partial charge in [-0.25, -0.2) is 4.39 Å². The summed E-state index contributed by atoms with van der Waals surface area (Å²) in [6.07, 6.45) is 3.89. The predicted molar refractivity (Wildman–Crippen MR) is 106 cm³/mol. The fourth-order valence-corrected chi connectivity index (χ4v) is 4.28. The van der Waals surface area contributed by atoms with Gasteiger partial charge >= 0.3 is 0 Å². The third-order valence-corrected chi connectivity index (χ3v) is 5.90. The van der Waals surface area contributed by atoms with Crippen LogP contribution in [0.5, 0.6) is 0 Å². The average Bonchev–Trinajstić information content (AvgIpc) is 2.68. The number of rotatable bonds is 6. The zero-order valence-electron chi connectivity index (χ0n) is 17.0. The summed E-state index contributed by atoms with van der Waals surface area (Å²) >= 11 is 0. The standard InChI is InChI=1S/C20H29FN4O4/c1-23(2)19(26)12-22-18-5-3-4-8-20(18)14-24(9-10-29-20)13-15-11-16(25(27)28)6-7-17(15)21/h6-7,11,18,22H,3-5,8-10,12-14H2,1-2H3/t18-,20-/m0/s1. The summed E-state index contributed by atoms with van der Waals surface area (Å²) < 4.78 is 20.5. The highest BCUT2D eigenvalue weighted by Crippen LogP contribution is 2.35. The number of amides is 1. The van der Waals surface area contributed by atoms with E-state index in [9.17, 15) is 19.3 Å². The molecule has 1 saturated carbocycles. The summed E-state index contributed by atoms with van der Waals surface area (Å²) in [6, 6.07) is 3.69. The van der Waals surface area contributed by atoms with Gasteiger partial charge < -0.3 is 15.0 Å². The Labute approximate surface area is 170 Å². The molecule has 8 nitrogen and oxygen atoms in total. The van der Waals surface area contributed by atoms with Crippen molar-refractivity contribution in [3.05, 3.63) is 39.7 Å². The highest BCUT2D eigenvalue weighted by Gasteiger charge is 2.45. The lowest BCUT2D eigenvalue weighted by Gasteiger charge is -2.50. The van der Waals surface area contributed by atoms with Crippen molar-refractivity contribution in [3.63, 3.8) is 0 Å². The van der Waals surface area contributed by atoms with Gasteiger partial charge in [0, 0.05) is 57.5 Å². The van der Waals surface area contributed by atoms with Crippen LogP contribution < -0.4 is 5.32 Å². The van der Waals surface area contributed by atoms with Crippen molar-refractivity contribution < 1.29 is 18.8 Å². The molecule has 1 N–H and O–H groups in total. The van der Waals surface area contributed by atoms with Crippen LogP contribution in [0.4, 0.5) is 10.1 Å². The van der Waals surface area contributed by atoms with Crippen molar-refractivity contribution in [1.82, 2.24) is 15.1 Å². The lowest BCUT2D eigenvalue weighted by Crippen LogP contribution is -2.63. The molecule has 1 aromatic carbocycles. The minimum absolute atomic E-state index is 0.0112. The number of carbonyl (C=O) groups is 1. The highest BCUT2D eigenvalue weighted by molar-refractivity contribution is 5.77. The maximum absolute atomic E-state index is 14.2. The molecule has 1 aliphatic carbocycles. The van der Waals surface area contributed by atoms with Crippen molar-refractivity contribution in [2.45, 2.75) is 43.9 Å². The third kappa shape index (κ3) is 5.09. The molecular weight excluding hydrogens is 379 g/mol. The fraction of sp³-hybridized carbons (Fsp3) is 0.650. The molecule has 0 unspecified atom stereocenters. The molecule has 9 heteroatoms. The second kappa shape index (κ2) is 9.15. The van der Waals surface area contributed by atoms with Crippen LogP contribution in [-0.2, 0) is 16.1 Å². The van der Waals surface area contributed by atoms with Gasteiger partial charge in [0.25, 0.3) is 5.69 Å². The summed E-state index contributed by atoms with van der Waals surface area (Å²) in [4.78, 5) is 26.2. The van der Waals surface area contributed by atoms with Crippen LogP contribution in [0.3, 0.4) is 0 Å². The zero-order chi connectivity index (χ0) is 21.0. The number of benzene rings is 1. The topological polar surface area (TPSA) is 88.0 Å². The smallest absolute Gasteiger partial charge is 0.269 e. The van der Waals surface area contributed by atoms with Gasteiger partial charge in [-0.2, -0.15) is 0 Å². The first-order valence-corrected chi connectivity index (χ1v) is 10.0. The number of carbonyl (C=O) groups excluding carboxylic acids is 1. The molecule has 2 atom stereocenters. The van der Waals surface area contributed by atoms with E-state index in [4.69, 9.17) is 4.74 Å². The van der Waals surface area contributed by atoms with Crippen molar-refractivity contribution in [2.24, 2.45) is 0 Å². The number of ether oxygens (including phenoxy) is 1. The van der Waals surface area contributed by atoms with E-state index in [1.165, 1.54) is 12.1 Å². The predicted octanol–water partition coefficient (Wildman–Crippen LogP) is 1.93. The number of nitrogens with zero attached hydrogens (tertiary/aromatic N) is 3. The van der Waals surface area contributed by atoms with Crippen LogP contribution >= 0.6 is 0 Å². The first-order valence-electron chi connectivity index (χ1n) is 10.0. The highest BCUT2D eigenvalue weighted by atomic mass is 19.1. The molecule has 1 spiro atoms. The van der Waals surface area contributed by atoms with Crippen molar-refractivity contribution in [1.29, 1.82) is 0 Å². The van der Waals surface area contributed by atoms with Gasteiger partial charge in [-0.15, -0.1) is 0 Å². The number of hydrogen-bond donors (Lipinski definition) is 1. The first-order chi connectivity index (χ1) is 13.8. The number of hydrogen-bond acceptors (Lipinski definition) is 6. The van der Waals surface area contributed by atoms with Crippen LogP contribution in [0, 0.1) is 15.9 Å². The molecule has 1 amide bonds. The van der Waals surface area contributed by atoms with Crippen LogP contribution in [-0.4, -0.2) is 72.6 Å². The van der Waals surface area contributed by atoms with Crippen LogP contribution in [0.15, 0.2) is 18.2 Å². The van der Waals surface area contributed by atoms with E-state index in [1.807, 2.05) is 0 Å². The van der Waals surface area contributed by atoms with Crippen molar-refractivity contribution in [2.75, 3.05) is 40.3 Å². The maximum atomic E-state index is 14.2. The van der Waals surface area contributed by atoms with Gasteiger partial charge in [0.05, 0.1) is 23.7 Å². The number of nitro groups is 1. The summed E-state index contributed by atoms with van der Waals surface area (Å²) in [5.74, 6) is -0.428. The lowest BCUT2D eigenvalue weighted by molar-refractivity contribution is -0.385.